The zero-order valence-electron chi connectivity index (χ0n) is 11.5. The molecule has 0 unspecified atom stereocenters. The number of carbonyl (C=O) groups is 2. The Bertz CT molecular complexity index is 491. The number of hydrogen-bond acceptors (Lipinski definition) is 3. The molecule has 0 saturated carbocycles. The third-order valence-corrected chi connectivity index (χ3v) is 4.01. The summed E-state index contributed by atoms with van der Waals surface area (Å²) in [4.78, 5) is 23.4. The van der Waals surface area contributed by atoms with Gasteiger partial charge in [-0.2, -0.15) is 0 Å². The molecule has 0 aliphatic carbocycles. The summed E-state index contributed by atoms with van der Waals surface area (Å²) in [5.74, 6) is -0.491. The lowest BCUT2D eigenvalue weighted by Gasteiger charge is -2.24. The lowest BCUT2D eigenvalue weighted by molar-refractivity contribution is -0.138. The van der Waals surface area contributed by atoms with Gasteiger partial charge in [-0.3, -0.25) is 9.59 Å². The minimum Gasteiger partial charge on any atom is -0.481 e. The normalized spacial score (nSPS) is 11.2. The molecule has 1 aromatic carbocycles. The quantitative estimate of drug-likeness (QED) is 0.758. The van der Waals surface area contributed by atoms with Crippen LogP contribution in [0.2, 0.25) is 5.02 Å². The lowest BCUT2D eigenvalue weighted by Crippen LogP contribution is -2.45. The van der Waals surface area contributed by atoms with Crippen molar-refractivity contribution in [3.63, 3.8) is 0 Å². The minimum absolute atomic E-state index is 0.101. The van der Waals surface area contributed by atoms with Crippen LogP contribution in [0.1, 0.15) is 26.7 Å². The largest absolute Gasteiger partial charge is 0.481 e. The smallest absolute Gasteiger partial charge is 0.305 e. The Morgan fingerprint density at radius 2 is 2.00 bits per heavy atom. The van der Waals surface area contributed by atoms with Gasteiger partial charge in [0.15, 0.2) is 0 Å². The molecule has 4 nitrogen and oxygen atoms in total. The molecule has 110 valence electrons. The molecule has 0 saturated heterocycles. The van der Waals surface area contributed by atoms with Gasteiger partial charge in [0.25, 0.3) is 0 Å². The van der Waals surface area contributed by atoms with E-state index in [9.17, 15) is 9.59 Å². The number of carboxylic acids is 1. The molecule has 0 heterocycles. The summed E-state index contributed by atoms with van der Waals surface area (Å²) < 4.78 is 0. The highest BCUT2D eigenvalue weighted by Gasteiger charge is 2.23. The lowest BCUT2D eigenvalue weighted by atomic mass is 10.0. The van der Waals surface area contributed by atoms with Crippen LogP contribution in [0.5, 0.6) is 0 Å². The highest BCUT2D eigenvalue weighted by atomic mass is 35.5. The molecule has 0 aromatic heterocycles. The number of hydrogen-bond donors (Lipinski definition) is 2. The second-order valence-electron chi connectivity index (χ2n) is 5.03. The summed E-state index contributed by atoms with van der Waals surface area (Å²) in [5.41, 5.74) is -0.738. The number of carbonyl (C=O) groups excluding carboxylic acids is 1. The molecule has 0 aliphatic heterocycles. The molecule has 0 fully saturated rings. The van der Waals surface area contributed by atoms with E-state index >= 15 is 0 Å². The maximum Gasteiger partial charge on any atom is 0.305 e. The van der Waals surface area contributed by atoms with Gasteiger partial charge >= 0.3 is 5.97 Å². The van der Waals surface area contributed by atoms with Crippen molar-refractivity contribution in [2.24, 2.45) is 0 Å². The van der Waals surface area contributed by atoms with Crippen molar-refractivity contribution in [2.75, 3.05) is 5.75 Å². The van der Waals surface area contributed by atoms with E-state index in [-0.39, 0.29) is 12.3 Å². The van der Waals surface area contributed by atoms with Crippen molar-refractivity contribution < 1.29 is 14.7 Å². The molecule has 0 bridgehead atoms. The van der Waals surface area contributed by atoms with Crippen LogP contribution in [0.3, 0.4) is 0 Å². The average molecular weight is 316 g/mol. The van der Waals surface area contributed by atoms with E-state index in [1.165, 1.54) is 11.8 Å². The third kappa shape index (κ3) is 6.30. The third-order valence-electron chi connectivity index (χ3n) is 2.49. The first-order valence-electron chi connectivity index (χ1n) is 6.20. The predicted octanol–water partition coefficient (Wildman–Crippen LogP) is 3.19. The van der Waals surface area contributed by atoms with Crippen molar-refractivity contribution >= 4 is 35.2 Å². The average Bonchev–Trinajstić information content (AvgIpc) is 2.29. The summed E-state index contributed by atoms with van der Waals surface area (Å²) in [5, 5.41) is 12.1. The summed E-state index contributed by atoms with van der Waals surface area (Å²) >= 11 is 7.52. The number of rotatable bonds is 7. The molecule has 1 aromatic rings. The van der Waals surface area contributed by atoms with E-state index in [1.807, 2.05) is 18.2 Å². The number of aliphatic carboxylic acids is 1. The van der Waals surface area contributed by atoms with Gasteiger partial charge in [0.05, 0.1) is 11.4 Å². The van der Waals surface area contributed by atoms with E-state index in [0.717, 1.165) is 4.90 Å². The van der Waals surface area contributed by atoms with Gasteiger partial charge < -0.3 is 10.4 Å². The van der Waals surface area contributed by atoms with Gasteiger partial charge in [0.1, 0.15) is 0 Å². The summed E-state index contributed by atoms with van der Waals surface area (Å²) in [6.45, 7) is 3.39. The van der Waals surface area contributed by atoms with E-state index in [0.29, 0.717) is 17.2 Å². The van der Waals surface area contributed by atoms with Crippen LogP contribution in [0.15, 0.2) is 29.2 Å². The Kier molecular flexibility index (Phi) is 6.36. The van der Waals surface area contributed by atoms with Crippen LogP contribution in [-0.2, 0) is 9.59 Å². The van der Waals surface area contributed by atoms with Crippen molar-refractivity contribution in [3.8, 4) is 0 Å². The van der Waals surface area contributed by atoms with Crippen LogP contribution in [0, 0.1) is 0 Å². The molecular weight excluding hydrogens is 298 g/mol. The van der Waals surface area contributed by atoms with Crippen LogP contribution >= 0.6 is 23.4 Å². The number of nitrogens with one attached hydrogen (secondary N) is 1. The SMILES string of the molecule is CC(C)(CC(=O)O)NC(=O)CCSc1ccccc1Cl. The fourth-order valence-corrected chi connectivity index (χ4v) is 2.87. The number of halogens is 1. The Morgan fingerprint density at radius 3 is 2.60 bits per heavy atom. The molecule has 2 N–H and O–H groups in total. The standard InChI is InChI=1S/C14H18ClNO3S/c1-14(2,9-13(18)19)16-12(17)7-8-20-11-6-4-3-5-10(11)15/h3-6H,7-9H2,1-2H3,(H,16,17)(H,18,19). The molecule has 0 atom stereocenters. The maximum absolute atomic E-state index is 11.8. The van der Waals surface area contributed by atoms with E-state index < -0.39 is 11.5 Å². The van der Waals surface area contributed by atoms with E-state index in [1.54, 1.807) is 19.9 Å². The molecule has 6 heteroatoms. The van der Waals surface area contributed by atoms with Crippen molar-refractivity contribution in [1.82, 2.24) is 5.32 Å². The molecule has 0 radical (unpaired) electrons. The van der Waals surface area contributed by atoms with Crippen LogP contribution in [0.25, 0.3) is 0 Å². The van der Waals surface area contributed by atoms with Gasteiger partial charge in [-0.1, -0.05) is 23.7 Å². The monoisotopic (exact) mass is 315 g/mol. The molecule has 0 spiro atoms. The number of benzene rings is 1. The molecule has 1 amide bonds. The second-order valence-corrected chi connectivity index (χ2v) is 6.58. The van der Waals surface area contributed by atoms with Crippen molar-refractivity contribution in [2.45, 2.75) is 37.1 Å². The predicted molar refractivity (Wildman–Crippen MR) is 81.3 cm³/mol. The molecule has 1 rings (SSSR count). The van der Waals surface area contributed by atoms with Gasteiger partial charge in [0, 0.05) is 22.6 Å². The Hall–Kier alpha value is -1.20. The number of carboxylic acid groups (broad SMARTS) is 1. The molecule has 20 heavy (non-hydrogen) atoms. The van der Waals surface area contributed by atoms with Gasteiger partial charge in [-0.25, -0.2) is 0 Å². The Balaban J connectivity index is 2.37. The first-order valence-corrected chi connectivity index (χ1v) is 7.57. The first-order chi connectivity index (χ1) is 9.30. The maximum atomic E-state index is 11.8. The van der Waals surface area contributed by atoms with Gasteiger partial charge in [-0.05, 0) is 26.0 Å². The highest BCUT2D eigenvalue weighted by Crippen LogP contribution is 2.26. The van der Waals surface area contributed by atoms with E-state index in [2.05, 4.69) is 5.32 Å². The van der Waals surface area contributed by atoms with E-state index in [4.69, 9.17) is 16.7 Å². The first kappa shape index (κ1) is 16.9. The Morgan fingerprint density at radius 1 is 1.35 bits per heavy atom. The highest BCUT2D eigenvalue weighted by molar-refractivity contribution is 7.99. The second kappa shape index (κ2) is 7.55. The molecule has 0 aliphatic rings. The van der Waals surface area contributed by atoms with Crippen LogP contribution < -0.4 is 5.32 Å². The number of thioether (sulfide) groups is 1. The van der Waals surface area contributed by atoms with Crippen LogP contribution in [0.4, 0.5) is 0 Å². The topological polar surface area (TPSA) is 66.4 Å². The van der Waals surface area contributed by atoms with Crippen LogP contribution in [-0.4, -0.2) is 28.3 Å². The van der Waals surface area contributed by atoms with Gasteiger partial charge in [-0.15, -0.1) is 11.8 Å². The zero-order valence-corrected chi connectivity index (χ0v) is 13.1. The summed E-state index contributed by atoms with van der Waals surface area (Å²) in [6, 6.07) is 7.46. The zero-order chi connectivity index (χ0) is 15.2. The van der Waals surface area contributed by atoms with Crippen molar-refractivity contribution in [1.29, 1.82) is 0 Å². The van der Waals surface area contributed by atoms with Crippen molar-refractivity contribution in [3.05, 3.63) is 29.3 Å². The molecular formula is C14H18ClNO3S. The fraction of sp³-hybridized carbons (Fsp3) is 0.429. The fourth-order valence-electron chi connectivity index (χ4n) is 1.68. The Labute approximate surface area is 127 Å². The van der Waals surface area contributed by atoms with Gasteiger partial charge in [0.2, 0.25) is 5.91 Å². The summed E-state index contributed by atoms with van der Waals surface area (Å²) in [7, 11) is 0. The number of amides is 1. The summed E-state index contributed by atoms with van der Waals surface area (Å²) in [6.07, 6.45) is 0.218. The minimum atomic E-state index is -0.930.